The molecule has 1 N–H and O–H groups in total. The number of fused-ring (bicyclic) bond motifs is 2. The van der Waals surface area contributed by atoms with Gasteiger partial charge in [0.25, 0.3) is 5.91 Å². The molecule has 0 radical (unpaired) electrons. The first-order chi connectivity index (χ1) is 17.2. The highest BCUT2D eigenvalue weighted by Crippen LogP contribution is 2.25. The molecule has 0 unspecified atom stereocenters. The summed E-state index contributed by atoms with van der Waals surface area (Å²) < 4.78 is 17.5. The molecular formula is C26H22FN7O. The van der Waals surface area contributed by atoms with Crippen LogP contribution in [0, 0.1) is 5.82 Å². The predicted molar refractivity (Wildman–Crippen MR) is 128 cm³/mol. The van der Waals surface area contributed by atoms with Crippen LogP contribution in [0.3, 0.4) is 0 Å². The number of carbonyl (C=O) groups excluding carboxylic acids is 1. The van der Waals surface area contributed by atoms with E-state index in [0.29, 0.717) is 28.8 Å². The van der Waals surface area contributed by atoms with Gasteiger partial charge in [-0.3, -0.25) is 4.79 Å². The minimum atomic E-state index is -0.308. The van der Waals surface area contributed by atoms with E-state index in [1.807, 2.05) is 36.4 Å². The van der Waals surface area contributed by atoms with Crippen molar-refractivity contribution in [3.05, 3.63) is 95.5 Å². The van der Waals surface area contributed by atoms with Gasteiger partial charge in [0, 0.05) is 18.5 Å². The molecule has 1 aliphatic heterocycles. The molecule has 0 saturated heterocycles. The Morgan fingerprint density at radius 3 is 2.80 bits per heavy atom. The van der Waals surface area contributed by atoms with E-state index in [9.17, 15) is 9.18 Å². The van der Waals surface area contributed by atoms with Crippen LogP contribution in [0.1, 0.15) is 34.0 Å². The topological polar surface area (TPSA) is 90.5 Å². The Hall–Kier alpha value is -4.40. The molecule has 0 fully saturated rings. The molecule has 2 aromatic carbocycles. The summed E-state index contributed by atoms with van der Waals surface area (Å²) in [4.78, 5) is 18.2. The van der Waals surface area contributed by atoms with Gasteiger partial charge >= 0.3 is 0 Å². The van der Waals surface area contributed by atoms with Crippen LogP contribution in [-0.4, -0.2) is 35.4 Å². The first kappa shape index (κ1) is 21.2. The number of nitrogens with zero attached hydrogens (tertiary/aromatic N) is 6. The van der Waals surface area contributed by atoms with Crippen molar-refractivity contribution in [2.45, 2.75) is 32.5 Å². The molecule has 3 aromatic heterocycles. The fourth-order valence-electron chi connectivity index (χ4n) is 4.51. The average molecular weight is 468 g/mol. The average Bonchev–Trinajstić information content (AvgIpc) is 3.60. The van der Waals surface area contributed by atoms with Gasteiger partial charge in [-0.25, -0.2) is 14.1 Å². The lowest BCUT2D eigenvalue weighted by Crippen LogP contribution is -2.25. The van der Waals surface area contributed by atoms with E-state index >= 15 is 0 Å². The number of halogens is 1. The Morgan fingerprint density at radius 2 is 1.94 bits per heavy atom. The Morgan fingerprint density at radius 1 is 1.06 bits per heavy atom. The zero-order chi connectivity index (χ0) is 23.8. The normalized spacial score (nSPS) is 12.7. The lowest BCUT2D eigenvalue weighted by atomic mass is 10.1. The molecule has 9 heteroatoms. The third-order valence-corrected chi connectivity index (χ3v) is 6.24. The van der Waals surface area contributed by atoms with Crippen molar-refractivity contribution in [1.29, 1.82) is 0 Å². The molecule has 0 atom stereocenters. The van der Waals surface area contributed by atoms with Crippen molar-refractivity contribution in [2.75, 3.05) is 0 Å². The van der Waals surface area contributed by atoms with Crippen LogP contribution in [-0.2, 0) is 26.1 Å². The molecule has 1 amide bonds. The van der Waals surface area contributed by atoms with Gasteiger partial charge < -0.3 is 9.88 Å². The number of benzene rings is 2. The van der Waals surface area contributed by atoms with Crippen molar-refractivity contribution in [1.82, 2.24) is 34.8 Å². The molecule has 8 nitrogen and oxygen atoms in total. The maximum absolute atomic E-state index is 13.7. The maximum atomic E-state index is 13.7. The first-order valence-corrected chi connectivity index (χ1v) is 11.5. The number of nitrogens with one attached hydrogen (secondary N) is 1. The monoisotopic (exact) mass is 467 g/mol. The third-order valence-electron chi connectivity index (χ3n) is 6.24. The molecule has 5 aromatic rings. The van der Waals surface area contributed by atoms with Crippen LogP contribution in [0.5, 0.6) is 0 Å². The Bertz CT molecular complexity index is 1540. The van der Waals surface area contributed by atoms with Crippen LogP contribution in [0.25, 0.3) is 22.3 Å². The van der Waals surface area contributed by atoms with Crippen LogP contribution < -0.4 is 5.32 Å². The van der Waals surface area contributed by atoms with Gasteiger partial charge in [-0.15, -0.1) is 10.2 Å². The number of hydrogen-bond acceptors (Lipinski definition) is 5. The number of pyridine rings is 1. The van der Waals surface area contributed by atoms with Crippen molar-refractivity contribution in [2.24, 2.45) is 0 Å². The van der Waals surface area contributed by atoms with E-state index in [-0.39, 0.29) is 18.3 Å². The molecule has 0 aliphatic carbocycles. The quantitative estimate of drug-likeness (QED) is 0.411. The lowest BCUT2D eigenvalue weighted by molar-refractivity contribution is 0.0951. The van der Waals surface area contributed by atoms with Gasteiger partial charge in [-0.1, -0.05) is 42.5 Å². The number of aromatic nitrogens is 6. The van der Waals surface area contributed by atoms with Crippen LogP contribution in [0.2, 0.25) is 0 Å². The Labute approximate surface area is 200 Å². The number of amides is 1. The van der Waals surface area contributed by atoms with Gasteiger partial charge in [-0.05, 0) is 30.2 Å². The maximum Gasteiger partial charge on any atom is 0.252 e. The minimum absolute atomic E-state index is 0.241. The summed E-state index contributed by atoms with van der Waals surface area (Å²) >= 11 is 0. The van der Waals surface area contributed by atoms with E-state index in [1.165, 1.54) is 12.1 Å². The third kappa shape index (κ3) is 4.05. The second-order valence-electron chi connectivity index (χ2n) is 8.56. The predicted octanol–water partition coefficient (Wildman–Crippen LogP) is 3.75. The SMILES string of the molecule is O=C(NCc1nnc2n1CCC2)c1cc(-c2ccccc2)nc2c1cnn2Cc1cccc(F)c1. The molecule has 6 rings (SSSR count). The van der Waals surface area contributed by atoms with Crippen LogP contribution in [0.4, 0.5) is 4.39 Å². The first-order valence-electron chi connectivity index (χ1n) is 11.5. The number of carbonyl (C=O) groups is 1. The lowest BCUT2D eigenvalue weighted by Gasteiger charge is -2.10. The summed E-state index contributed by atoms with van der Waals surface area (Å²) in [6.45, 7) is 1.49. The zero-order valence-electron chi connectivity index (χ0n) is 18.9. The second-order valence-corrected chi connectivity index (χ2v) is 8.56. The van der Waals surface area contributed by atoms with E-state index < -0.39 is 0 Å². The fraction of sp³-hybridized carbons (Fsp3) is 0.192. The Kier molecular flexibility index (Phi) is 5.29. The van der Waals surface area contributed by atoms with Crippen LogP contribution in [0.15, 0.2) is 66.9 Å². The summed E-state index contributed by atoms with van der Waals surface area (Å²) in [5, 5.41) is 16.5. The molecule has 1 aliphatic rings. The highest BCUT2D eigenvalue weighted by Gasteiger charge is 2.20. The summed E-state index contributed by atoms with van der Waals surface area (Å²) in [5.41, 5.74) is 3.34. The fourth-order valence-corrected chi connectivity index (χ4v) is 4.51. The summed E-state index contributed by atoms with van der Waals surface area (Å²) in [6, 6.07) is 17.8. The molecule has 0 spiro atoms. The van der Waals surface area contributed by atoms with Crippen molar-refractivity contribution in [3.63, 3.8) is 0 Å². The van der Waals surface area contributed by atoms with E-state index in [2.05, 4.69) is 25.2 Å². The van der Waals surface area contributed by atoms with Gasteiger partial charge in [0.05, 0.1) is 35.9 Å². The molecule has 174 valence electrons. The highest BCUT2D eigenvalue weighted by molar-refractivity contribution is 6.06. The Balaban J connectivity index is 1.37. The number of aryl methyl sites for hydroxylation is 1. The molecule has 0 bridgehead atoms. The number of hydrogen-bond donors (Lipinski definition) is 1. The largest absolute Gasteiger partial charge is 0.345 e. The van der Waals surface area contributed by atoms with Crippen molar-refractivity contribution in [3.8, 4) is 11.3 Å². The number of rotatable bonds is 6. The van der Waals surface area contributed by atoms with Crippen molar-refractivity contribution < 1.29 is 9.18 Å². The molecule has 35 heavy (non-hydrogen) atoms. The minimum Gasteiger partial charge on any atom is -0.345 e. The summed E-state index contributed by atoms with van der Waals surface area (Å²) in [6.07, 6.45) is 3.60. The van der Waals surface area contributed by atoms with Gasteiger partial charge in [-0.2, -0.15) is 5.10 Å². The molecular weight excluding hydrogens is 445 g/mol. The van der Waals surface area contributed by atoms with E-state index in [1.54, 1.807) is 23.0 Å². The zero-order valence-corrected chi connectivity index (χ0v) is 18.9. The van der Waals surface area contributed by atoms with Crippen molar-refractivity contribution >= 4 is 16.9 Å². The summed E-state index contributed by atoms with van der Waals surface area (Å²) in [5.74, 6) is 1.17. The molecule has 0 saturated carbocycles. The van der Waals surface area contributed by atoms with Gasteiger partial charge in [0.2, 0.25) is 0 Å². The summed E-state index contributed by atoms with van der Waals surface area (Å²) in [7, 11) is 0. The smallest absolute Gasteiger partial charge is 0.252 e. The van der Waals surface area contributed by atoms with E-state index in [0.717, 1.165) is 42.2 Å². The van der Waals surface area contributed by atoms with E-state index in [4.69, 9.17) is 4.98 Å². The van der Waals surface area contributed by atoms with Crippen LogP contribution >= 0.6 is 0 Å². The molecule has 4 heterocycles. The highest BCUT2D eigenvalue weighted by atomic mass is 19.1. The van der Waals surface area contributed by atoms with Gasteiger partial charge in [0.15, 0.2) is 11.5 Å². The van der Waals surface area contributed by atoms with Gasteiger partial charge in [0.1, 0.15) is 11.6 Å². The standard InChI is InChI=1S/C26H22FN7O/c27-19-9-4-6-17(12-19)16-34-25-21(14-29-34)20(13-22(30-25)18-7-2-1-3-8-18)26(35)28-15-24-32-31-23-10-5-11-33(23)24/h1-4,6-9,12-14H,5,10-11,15-16H2,(H,28,35). The second kappa shape index (κ2) is 8.75.